The Morgan fingerprint density at radius 2 is 0.656 bits per heavy atom. The van der Waals surface area contributed by atoms with Crippen LogP contribution in [0.15, 0.2) is 219 Å². The second kappa shape index (κ2) is 41.8. The van der Waals surface area contributed by atoms with Crippen LogP contribution in [0.1, 0.15) is 283 Å². The Bertz CT molecular complexity index is 6050. The number of nitrogens with one attached hydrogen (secondary N) is 4. The molecule has 4 atom stereocenters. The van der Waals surface area contributed by atoms with Crippen molar-refractivity contribution in [3.8, 4) is 0 Å². The first-order valence-corrected chi connectivity index (χ1v) is 46.8. The average molecular weight is 1820 g/mol. The van der Waals surface area contributed by atoms with Gasteiger partial charge in [0, 0.05) is 85.4 Å². The number of aromatic nitrogens is 2. The molecule has 0 spiro atoms. The fourth-order valence-corrected chi connectivity index (χ4v) is 19.9. The van der Waals surface area contributed by atoms with E-state index in [4.69, 9.17) is 20.0 Å². The van der Waals surface area contributed by atoms with Crippen LogP contribution in [0.4, 0.5) is 22.7 Å². The maximum absolute atomic E-state index is 14.1. The Kier molecular flexibility index (Phi) is 31.2. The van der Waals surface area contributed by atoms with E-state index in [1.165, 1.54) is 24.3 Å². The number of para-hydroxylation sites is 4. The largest absolute Gasteiger partial charge is 0.481 e. The second-order valence-electron chi connectivity index (χ2n) is 35.8. The fraction of sp³-hybridized carbons (Fsp3) is 0.415. The van der Waals surface area contributed by atoms with Crippen LogP contribution in [0.3, 0.4) is 0 Å². The molecule has 25 heteroatoms. The first kappa shape index (κ1) is 97.7. The zero-order valence-corrected chi connectivity index (χ0v) is 79.6. The molecule has 8 aliphatic rings. The summed E-state index contributed by atoms with van der Waals surface area (Å²) in [5, 5.41) is 85.3. The number of carboxylic acids is 2. The van der Waals surface area contributed by atoms with Crippen LogP contribution in [0.5, 0.6) is 0 Å². The Morgan fingerprint density at radius 1 is 0.382 bits per heavy atom. The number of fused-ring (bicyclic) bond motifs is 12. The number of rotatable bonds is 34. The van der Waals surface area contributed by atoms with Crippen LogP contribution in [-0.4, -0.2) is 86.7 Å². The average Bonchev–Trinajstić information content (AvgIpc) is 1.57. The number of hydrogen-bond donors (Lipinski definition) is 6. The minimum Gasteiger partial charge on any atom is -0.481 e. The molecule has 4 aromatic carbocycles. The Morgan fingerprint density at radius 3 is 0.947 bits per heavy atom. The van der Waals surface area contributed by atoms with Gasteiger partial charge in [-0.25, -0.2) is 20.0 Å². The van der Waals surface area contributed by atoms with Crippen LogP contribution in [0.2, 0.25) is 0 Å². The summed E-state index contributed by atoms with van der Waals surface area (Å²) in [4.78, 5) is 108. The topological polar surface area (TPSA) is 352 Å². The van der Waals surface area contributed by atoms with Gasteiger partial charge < -0.3 is 30.8 Å². The molecule has 16 bridgehead atoms. The summed E-state index contributed by atoms with van der Waals surface area (Å²) >= 11 is 0. The molecule has 689 valence electrons. The molecule has 2 aromatic heterocycles. The molecule has 0 saturated carbocycles. The molecule has 1 radical (unpaired) electrons. The quantitative estimate of drug-likeness (QED) is 0.0162. The molecule has 10 heterocycles. The van der Waals surface area contributed by atoms with Crippen LogP contribution in [0, 0.1) is 65.1 Å². The van der Waals surface area contributed by atoms with Crippen molar-refractivity contribution in [2.45, 2.75) is 277 Å². The Hall–Kier alpha value is -12.4. The third-order valence-electron chi connectivity index (χ3n) is 27.7. The van der Waals surface area contributed by atoms with E-state index in [2.05, 4.69) is 89.8 Å². The molecule has 8 aliphatic heterocycles. The van der Waals surface area contributed by atoms with E-state index in [1.54, 1.807) is 74.5 Å². The van der Waals surface area contributed by atoms with Gasteiger partial charge in [-0.1, -0.05) is 155 Å². The number of allylic oxidation sites excluding steroid dienone is 10. The molecular formula is C106H124CoN12O12. The van der Waals surface area contributed by atoms with Crippen molar-refractivity contribution in [2.24, 2.45) is 30.8 Å². The zero-order chi connectivity index (χ0) is 93.5. The molecule has 14 rings (SSSR count). The number of H-pyrrole nitrogens is 2. The van der Waals surface area contributed by atoms with Gasteiger partial charge in [-0.05, 0) is 285 Å². The SMILES string of the molecule is CCCCC1=C(C)C2=NC/1=C(/c1ccccc1[N+](=O)[O-])C1=C(CCCC)C(C)(C(=O)O)C(\C=C3/N=C(C(CCCC)=C3C)/C(c3ccccc3[N+](=O)[O-])=c3\[nH]/c(c(C)c3CCCC)=C\2)N1.CCCCC1=C(C)C2=NC/1=C(/c1ccccc1[N+](=O)[O-])C1=C(CCCC)C(C)(C(=O)O)C(\C=C3/N=C(C(CCCC)=C3C)/C(c3ccccc3[N+](=O)[O-])=c3\[nH]/c(c(C)c3CCCC)=C\2)N1.[Co]. The van der Waals surface area contributed by atoms with Gasteiger partial charge in [0.2, 0.25) is 0 Å². The zero-order valence-electron chi connectivity index (χ0n) is 78.6. The molecule has 6 N–H and O–H groups in total. The molecule has 6 aromatic rings. The third kappa shape index (κ3) is 18.5. The first-order valence-electron chi connectivity index (χ1n) is 46.8. The van der Waals surface area contributed by atoms with Crippen molar-refractivity contribution in [3.05, 3.63) is 305 Å². The summed E-state index contributed by atoms with van der Waals surface area (Å²) in [5.74, 6) is -2.06. The minimum atomic E-state index is -1.51. The molecule has 4 unspecified atom stereocenters. The number of aliphatic carboxylic acids is 2. The molecular weight excluding hydrogens is 1690 g/mol. The van der Waals surface area contributed by atoms with E-state index in [1.807, 2.05) is 64.1 Å². The second-order valence-corrected chi connectivity index (χ2v) is 35.8. The fourth-order valence-electron chi connectivity index (χ4n) is 19.9. The minimum absolute atomic E-state index is 0. The molecule has 0 saturated heterocycles. The van der Waals surface area contributed by atoms with E-state index < -0.39 is 34.9 Å². The van der Waals surface area contributed by atoms with Crippen molar-refractivity contribution in [1.29, 1.82) is 0 Å². The summed E-state index contributed by atoms with van der Waals surface area (Å²) in [6, 6.07) is 25.4. The van der Waals surface area contributed by atoms with Gasteiger partial charge in [-0.2, -0.15) is 0 Å². The van der Waals surface area contributed by atoms with Gasteiger partial charge in [0.25, 0.3) is 22.7 Å². The van der Waals surface area contributed by atoms with Crippen LogP contribution in [-0.2, 0) is 39.2 Å². The standard InChI is InChI=1S/2C53H62N6O6.Co/c2*1-9-13-21-34-31(5)40-29-41-32(6)35(22-14-10-2)50(55-41)47(38-25-18-20-28-44(38)59(64)65)51-39(26-16-12-4)53(8,52(60)61)45(57-51)30-42-33(7)36(23-15-11-3)49(56-42)46(48(34)54-40)37-24-17-19-27-43(37)58(62)63;/h2*17-20,24-25,27-30,45,54,57H,9-16,21-23,26H2,1-8H3,(H,60,61);/b2*40-29-,42-30-,48-46-,50-47-;. The number of nitrogens with zero attached hydrogens (tertiary/aromatic N) is 8. The number of nitro groups is 4. The maximum Gasteiger partial charge on any atom is 0.316 e. The first-order chi connectivity index (χ1) is 62.4. The van der Waals surface area contributed by atoms with E-state index in [0.29, 0.717) is 177 Å². The number of aromatic amines is 2. The Balaban J connectivity index is 0.000000235. The normalized spacial score (nSPS) is 22.5. The summed E-state index contributed by atoms with van der Waals surface area (Å²) in [7, 11) is 0. The molecule has 0 amide bonds. The smallest absolute Gasteiger partial charge is 0.316 e. The van der Waals surface area contributed by atoms with Gasteiger partial charge in [0.15, 0.2) is 0 Å². The van der Waals surface area contributed by atoms with E-state index in [0.717, 1.165) is 178 Å². The molecule has 131 heavy (non-hydrogen) atoms. The predicted octanol–water partition coefficient (Wildman–Crippen LogP) is 22.4. The van der Waals surface area contributed by atoms with Crippen molar-refractivity contribution in [1.82, 2.24) is 20.6 Å². The summed E-state index contributed by atoms with van der Waals surface area (Å²) < 4.78 is 0. The van der Waals surface area contributed by atoms with Gasteiger partial charge >= 0.3 is 11.9 Å². The van der Waals surface area contributed by atoms with Crippen molar-refractivity contribution < 1.29 is 56.3 Å². The summed E-state index contributed by atoms with van der Waals surface area (Å²) in [5.41, 5.74) is 19.5. The monoisotopic (exact) mass is 1820 g/mol. The van der Waals surface area contributed by atoms with E-state index in [9.17, 15) is 60.3 Å². The van der Waals surface area contributed by atoms with Crippen molar-refractivity contribution >= 4 is 92.0 Å². The number of carbonyl (C=O) groups is 2. The number of benzene rings is 4. The summed E-state index contributed by atoms with van der Waals surface area (Å²) in [6.07, 6.45) is 26.4. The van der Waals surface area contributed by atoms with Gasteiger partial charge in [-0.3, -0.25) is 50.0 Å². The number of nitro benzene ring substituents is 4. The van der Waals surface area contributed by atoms with Crippen LogP contribution >= 0.6 is 0 Å². The number of aliphatic imine (C=N–C) groups is 4. The van der Waals surface area contributed by atoms with Crippen LogP contribution in [0.25, 0.3) is 34.4 Å². The molecule has 24 nitrogen and oxygen atoms in total. The summed E-state index contributed by atoms with van der Waals surface area (Å²) in [6.45, 7) is 32.7. The van der Waals surface area contributed by atoms with Crippen LogP contribution < -0.4 is 32.0 Å². The number of unbranched alkanes of at least 4 members (excludes halogenated alkanes) is 8. The van der Waals surface area contributed by atoms with Gasteiger partial charge in [0.1, 0.15) is 10.8 Å². The van der Waals surface area contributed by atoms with Crippen molar-refractivity contribution in [3.63, 3.8) is 0 Å². The Labute approximate surface area is 777 Å². The third-order valence-corrected chi connectivity index (χ3v) is 27.7. The van der Waals surface area contributed by atoms with E-state index in [-0.39, 0.29) is 59.2 Å². The number of hydrogen-bond acceptors (Lipinski definition) is 16. The maximum atomic E-state index is 14.1. The van der Waals surface area contributed by atoms with E-state index >= 15 is 0 Å². The predicted molar refractivity (Wildman–Crippen MR) is 520 cm³/mol. The number of carboxylic acid groups (broad SMARTS) is 2. The van der Waals surface area contributed by atoms with Gasteiger partial charge in [-0.15, -0.1) is 0 Å². The molecule has 0 fully saturated rings. The molecule has 0 aliphatic carbocycles. The van der Waals surface area contributed by atoms with Crippen molar-refractivity contribution in [2.75, 3.05) is 0 Å². The van der Waals surface area contributed by atoms with Gasteiger partial charge in [0.05, 0.1) is 110 Å².